The molecule has 0 amide bonds. The van der Waals surface area contributed by atoms with Crippen molar-refractivity contribution in [2.45, 2.75) is 12.5 Å². The van der Waals surface area contributed by atoms with Crippen molar-refractivity contribution in [2.24, 2.45) is 0 Å². The van der Waals surface area contributed by atoms with E-state index in [1.165, 1.54) is 12.1 Å². The van der Waals surface area contributed by atoms with E-state index >= 15 is 0 Å². The molecule has 0 radical (unpaired) electrons. The van der Waals surface area contributed by atoms with E-state index in [4.69, 9.17) is 16.3 Å². The molecule has 21 heavy (non-hydrogen) atoms. The molecule has 0 saturated heterocycles. The standard InChI is InChI=1S/C14H10Br2ClNO3/c15-12-5-10(7-17)6-13(16)14(12)21-8-9-1-3-11(4-2-9)18(19)20/h1-6H,7-8H2. The lowest BCUT2D eigenvalue weighted by molar-refractivity contribution is -0.384. The second-order valence-corrected chi connectivity index (χ2v) is 6.21. The van der Waals surface area contributed by atoms with Gasteiger partial charge >= 0.3 is 0 Å². The summed E-state index contributed by atoms with van der Waals surface area (Å²) in [6.45, 7) is 0.315. The Morgan fingerprint density at radius 1 is 1.10 bits per heavy atom. The summed E-state index contributed by atoms with van der Waals surface area (Å²) in [5, 5.41) is 10.6. The van der Waals surface area contributed by atoms with Crippen LogP contribution in [0.25, 0.3) is 0 Å². The van der Waals surface area contributed by atoms with Crippen LogP contribution in [-0.2, 0) is 12.5 Å². The normalized spacial score (nSPS) is 10.4. The zero-order chi connectivity index (χ0) is 15.4. The van der Waals surface area contributed by atoms with Crippen LogP contribution in [0.5, 0.6) is 5.75 Å². The van der Waals surface area contributed by atoms with Crippen molar-refractivity contribution in [3.63, 3.8) is 0 Å². The molecule has 0 N–H and O–H groups in total. The Morgan fingerprint density at radius 3 is 2.14 bits per heavy atom. The number of halogens is 3. The van der Waals surface area contributed by atoms with Gasteiger partial charge < -0.3 is 4.74 Å². The van der Waals surface area contributed by atoms with Crippen molar-refractivity contribution in [2.75, 3.05) is 0 Å². The number of nitro groups is 1. The van der Waals surface area contributed by atoms with Crippen LogP contribution in [0, 0.1) is 10.1 Å². The maximum atomic E-state index is 10.6. The molecule has 0 aromatic heterocycles. The van der Waals surface area contributed by atoms with Crippen molar-refractivity contribution < 1.29 is 9.66 Å². The second kappa shape index (κ2) is 7.24. The Kier molecular flexibility index (Phi) is 5.61. The monoisotopic (exact) mass is 433 g/mol. The van der Waals surface area contributed by atoms with E-state index < -0.39 is 4.92 Å². The number of rotatable bonds is 5. The molecule has 0 aliphatic rings. The molecular weight excluding hydrogens is 425 g/mol. The summed E-state index contributed by atoms with van der Waals surface area (Å²) in [5.41, 5.74) is 1.88. The molecule has 2 rings (SSSR count). The van der Waals surface area contributed by atoms with Crippen LogP contribution in [0.2, 0.25) is 0 Å². The Labute approximate surface area is 143 Å². The first-order chi connectivity index (χ1) is 10.0. The van der Waals surface area contributed by atoms with Crippen molar-refractivity contribution in [3.05, 3.63) is 66.6 Å². The molecular formula is C14H10Br2ClNO3. The smallest absolute Gasteiger partial charge is 0.269 e. The first kappa shape index (κ1) is 16.3. The molecule has 2 aromatic carbocycles. The fraction of sp³-hybridized carbons (Fsp3) is 0.143. The summed E-state index contributed by atoms with van der Waals surface area (Å²) < 4.78 is 7.35. The van der Waals surface area contributed by atoms with Gasteiger partial charge in [0.15, 0.2) is 0 Å². The minimum atomic E-state index is -0.428. The summed E-state index contributed by atoms with van der Waals surface area (Å²) >= 11 is 12.7. The van der Waals surface area contributed by atoms with Gasteiger partial charge in [-0.05, 0) is 67.3 Å². The molecule has 0 fully saturated rings. The predicted molar refractivity (Wildman–Crippen MR) is 88.8 cm³/mol. The predicted octanol–water partition coefficient (Wildman–Crippen LogP) is 5.44. The third-order valence-corrected chi connectivity index (χ3v) is 4.23. The van der Waals surface area contributed by atoms with Crippen LogP contribution in [0.15, 0.2) is 45.3 Å². The number of ether oxygens (including phenoxy) is 1. The number of benzene rings is 2. The highest BCUT2D eigenvalue weighted by atomic mass is 79.9. The minimum absolute atomic E-state index is 0.0626. The van der Waals surface area contributed by atoms with Gasteiger partial charge in [-0.1, -0.05) is 0 Å². The van der Waals surface area contributed by atoms with Crippen molar-refractivity contribution in [3.8, 4) is 5.75 Å². The van der Waals surface area contributed by atoms with E-state index in [2.05, 4.69) is 31.9 Å². The molecule has 0 saturated carbocycles. The third-order valence-electron chi connectivity index (χ3n) is 2.74. The molecule has 0 spiro atoms. The van der Waals surface area contributed by atoms with E-state index in [1.54, 1.807) is 12.1 Å². The van der Waals surface area contributed by atoms with Crippen molar-refractivity contribution in [1.82, 2.24) is 0 Å². The maximum absolute atomic E-state index is 10.6. The summed E-state index contributed by atoms with van der Waals surface area (Å²) in [6, 6.07) is 10.0. The molecule has 0 aliphatic heterocycles. The van der Waals surface area contributed by atoms with Crippen LogP contribution in [0.1, 0.15) is 11.1 Å². The number of non-ortho nitro benzene ring substituents is 1. The van der Waals surface area contributed by atoms with Gasteiger partial charge in [0.05, 0.1) is 13.9 Å². The summed E-state index contributed by atoms with van der Waals surface area (Å²) in [4.78, 5) is 10.2. The zero-order valence-electron chi connectivity index (χ0n) is 10.7. The zero-order valence-corrected chi connectivity index (χ0v) is 14.6. The van der Waals surface area contributed by atoms with Gasteiger partial charge in [-0.3, -0.25) is 10.1 Å². The topological polar surface area (TPSA) is 52.4 Å². The highest BCUT2D eigenvalue weighted by Gasteiger charge is 2.10. The van der Waals surface area contributed by atoms with E-state index in [-0.39, 0.29) is 5.69 Å². The van der Waals surface area contributed by atoms with Crippen LogP contribution in [-0.4, -0.2) is 4.92 Å². The number of hydrogen-bond acceptors (Lipinski definition) is 3. The maximum Gasteiger partial charge on any atom is 0.269 e. The second-order valence-electron chi connectivity index (χ2n) is 4.23. The lowest BCUT2D eigenvalue weighted by atomic mass is 10.2. The van der Waals surface area contributed by atoms with Gasteiger partial charge in [0, 0.05) is 18.0 Å². The molecule has 0 heterocycles. The first-order valence-electron chi connectivity index (χ1n) is 5.91. The van der Waals surface area contributed by atoms with E-state index in [0.29, 0.717) is 18.2 Å². The summed E-state index contributed by atoms with van der Waals surface area (Å²) in [5.74, 6) is 1.09. The molecule has 0 atom stereocenters. The van der Waals surface area contributed by atoms with Gasteiger partial charge in [0.1, 0.15) is 12.4 Å². The molecule has 0 unspecified atom stereocenters. The number of hydrogen-bond donors (Lipinski definition) is 0. The molecule has 4 nitrogen and oxygen atoms in total. The van der Waals surface area contributed by atoms with Gasteiger partial charge in [0.2, 0.25) is 0 Å². The Balaban J connectivity index is 2.11. The SMILES string of the molecule is O=[N+]([O-])c1ccc(COc2c(Br)cc(CCl)cc2Br)cc1. The van der Waals surface area contributed by atoms with Gasteiger partial charge in [-0.2, -0.15) is 0 Å². The van der Waals surface area contributed by atoms with Crippen LogP contribution in [0.4, 0.5) is 5.69 Å². The highest BCUT2D eigenvalue weighted by molar-refractivity contribution is 9.11. The number of nitrogens with zero attached hydrogens (tertiary/aromatic N) is 1. The highest BCUT2D eigenvalue weighted by Crippen LogP contribution is 2.35. The Hall–Kier alpha value is -1.11. The lowest BCUT2D eigenvalue weighted by Crippen LogP contribution is -1.98. The van der Waals surface area contributed by atoms with Gasteiger partial charge in [-0.15, -0.1) is 11.6 Å². The van der Waals surface area contributed by atoms with E-state index in [1.807, 2.05) is 12.1 Å². The summed E-state index contributed by atoms with van der Waals surface area (Å²) in [7, 11) is 0. The van der Waals surface area contributed by atoms with E-state index in [9.17, 15) is 10.1 Å². The van der Waals surface area contributed by atoms with Gasteiger partial charge in [-0.25, -0.2) is 0 Å². The minimum Gasteiger partial charge on any atom is -0.487 e. The molecule has 7 heteroatoms. The molecule has 0 bridgehead atoms. The quantitative estimate of drug-likeness (QED) is 0.357. The third kappa shape index (κ3) is 4.18. The average Bonchev–Trinajstić information content (AvgIpc) is 2.46. The number of alkyl halides is 1. The average molecular weight is 435 g/mol. The first-order valence-corrected chi connectivity index (χ1v) is 8.03. The van der Waals surface area contributed by atoms with E-state index in [0.717, 1.165) is 20.1 Å². The Morgan fingerprint density at radius 2 is 1.67 bits per heavy atom. The lowest BCUT2D eigenvalue weighted by Gasteiger charge is -2.11. The van der Waals surface area contributed by atoms with Crippen LogP contribution in [0.3, 0.4) is 0 Å². The Bertz CT molecular complexity index is 639. The largest absolute Gasteiger partial charge is 0.487 e. The molecule has 2 aromatic rings. The fourth-order valence-corrected chi connectivity index (χ4v) is 3.36. The van der Waals surface area contributed by atoms with Gasteiger partial charge in [0.25, 0.3) is 5.69 Å². The van der Waals surface area contributed by atoms with Crippen LogP contribution >= 0.6 is 43.5 Å². The van der Waals surface area contributed by atoms with Crippen molar-refractivity contribution in [1.29, 1.82) is 0 Å². The molecule has 110 valence electrons. The fourth-order valence-electron chi connectivity index (χ4n) is 1.70. The number of nitro benzene ring substituents is 1. The molecule has 0 aliphatic carbocycles. The van der Waals surface area contributed by atoms with Crippen LogP contribution < -0.4 is 4.74 Å². The van der Waals surface area contributed by atoms with Crippen molar-refractivity contribution >= 4 is 49.1 Å². The summed E-state index contributed by atoms with van der Waals surface area (Å²) in [6.07, 6.45) is 0.